The average Bonchev–Trinajstić information content (AvgIpc) is 2.58. The van der Waals surface area contributed by atoms with Crippen LogP contribution in [0.5, 0.6) is 0 Å². The molecule has 28 nitrogen and oxygen atoms in total. The third-order valence-corrected chi connectivity index (χ3v) is 13.2. The van der Waals surface area contributed by atoms with Crippen LogP contribution < -0.4 is 43.5 Å². The first-order valence-corrected chi connectivity index (χ1v) is 28.4. The number of halogens is 2. The fourth-order valence-corrected chi connectivity index (χ4v) is 8.66. The van der Waals surface area contributed by atoms with Crippen LogP contribution in [0.4, 0.5) is 32.1 Å². The van der Waals surface area contributed by atoms with E-state index in [-0.39, 0.29) is 68.9 Å². The summed E-state index contributed by atoms with van der Waals surface area (Å²) in [6.07, 6.45) is 4.96. The number of anilines is 4. The van der Waals surface area contributed by atoms with Crippen molar-refractivity contribution in [3.8, 4) is 23.8 Å². The molecule has 2 aliphatic carbocycles. The molecule has 8 N–H and O–H groups in total. The molecule has 2 saturated carbocycles. The highest BCUT2D eigenvalue weighted by Crippen LogP contribution is 2.31. The molecule has 12 rings (SSSR count). The number of amides is 4. The van der Waals surface area contributed by atoms with Gasteiger partial charge in [-0.15, -0.1) is 0 Å². The Kier molecular flexibility index (Phi) is 19.3. The summed E-state index contributed by atoms with van der Waals surface area (Å²) < 4.78 is 32.1. The van der Waals surface area contributed by atoms with Gasteiger partial charge in [-0.1, -0.05) is 26.0 Å². The van der Waals surface area contributed by atoms with Crippen LogP contribution in [0.3, 0.4) is 0 Å². The van der Waals surface area contributed by atoms with Gasteiger partial charge in [-0.3, -0.25) is 58.3 Å². The van der Waals surface area contributed by atoms with E-state index in [1.165, 1.54) is 79.4 Å². The van der Waals surface area contributed by atoms with Crippen LogP contribution in [0, 0.1) is 65.0 Å². The van der Waals surface area contributed by atoms with Crippen LogP contribution in [-0.2, 0) is 22.4 Å². The Bertz CT molecular complexity index is 4580. The van der Waals surface area contributed by atoms with Crippen LogP contribution in [0.2, 0.25) is 0 Å². The smallest absolute Gasteiger partial charge is 0.256 e. The zero-order valence-electron chi connectivity index (χ0n) is 50.0. The largest absolute Gasteiger partial charge is 0.310 e. The topological polar surface area (TPSA) is 371 Å². The summed E-state index contributed by atoms with van der Waals surface area (Å²) in [4.78, 5) is 123. The number of benzene rings is 2. The quantitative estimate of drug-likeness (QED) is 0.0594. The van der Waals surface area contributed by atoms with E-state index in [2.05, 4.69) is 81.5 Å². The van der Waals surface area contributed by atoms with E-state index in [0.29, 0.717) is 82.2 Å². The summed E-state index contributed by atoms with van der Waals surface area (Å²) in [7, 11) is 0. The van der Waals surface area contributed by atoms with Crippen LogP contribution in [0.15, 0.2) is 116 Å². The number of nitrogens with zero attached hydrogens (tertiary/aromatic N) is 12. The van der Waals surface area contributed by atoms with Crippen LogP contribution in [0.1, 0.15) is 106 Å². The van der Waals surface area contributed by atoms with E-state index < -0.39 is 23.4 Å². The van der Waals surface area contributed by atoms with Crippen molar-refractivity contribution in [2.75, 3.05) is 21.3 Å². The second-order valence-electron chi connectivity index (χ2n) is 21.0. The normalized spacial score (nSPS) is 12.3. The number of H-pyrrole nitrogens is 4. The maximum Gasteiger partial charge on any atom is 0.256 e. The summed E-state index contributed by atoms with van der Waals surface area (Å²) in [6.45, 7) is 14.3. The second kappa shape index (κ2) is 27.5. The van der Waals surface area contributed by atoms with Gasteiger partial charge in [0.15, 0.2) is 0 Å². The molecule has 0 spiro atoms. The van der Waals surface area contributed by atoms with Crippen molar-refractivity contribution >= 4 is 46.9 Å². The molecule has 30 heteroatoms. The van der Waals surface area contributed by atoms with E-state index in [4.69, 9.17) is 0 Å². The zero-order chi connectivity index (χ0) is 64.5. The fourth-order valence-electron chi connectivity index (χ4n) is 8.66. The van der Waals surface area contributed by atoms with Crippen molar-refractivity contribution in [2.45, 2.75) is 93.9 Å². The minimum atomic E-state index is -0.503. The predicted molar refractivity (Wildman–Crippen MR) is 327 cm³/mol. The van der Waals surface area contributed by atoms with Crippen molar-refractivity contribution in [1.82, 2.24) is 79.0 Å². The second-order valence-corrected chi connectivity index (χ2v) is 21.0. The van der Waals surface area contributed by atoms with E-state index >= 15 is 0 Å². The van der Waals surface area contributed by atoms with Gasteiger partial charge in [-0.2, -0.15) is 39.1 Å². The molecule has 90 heavy (non-hydrogen) atoms. The maximum absolute atomic E-state index is 13.3. The minimum absolute atomic E-state index is 0.00913. The molecule has 10 aromatic rings. The van der Waals surface area contributed by atoms with Crippen molar-refractivity contribution in [1.29, 1.82) is 0 Å². The van der Waals surface area contributed by atoms with E-state index in [0.717, 1.165) is 49.2 Å². The Morgan fingerprint density at radius 2 is 0.722 bits per heavy atom. The lowest BCUT2D eigenvalue weighted by Crippen LogP contribution is -2.20. The summed E-state index contributed by atoms with van der Waals surface area (Å²) in [5.74, 6) is 0.878. The average molecular weight is 1230 g/mol. The Morgan fingerprint density at radius 1 is 0.422 bits per heavy atom. The van der Waals surface area contributed by atoms with Crippen molar-refractivity contribution in [3.63, 3.8) is 0 Å². The van der Waals surface area contributed by atoms with Crippen molar-refractivity contribution in [2.24, 2.45) is 11.8 Å². The van der Waals surface area contributed by atoms with Crippen LogP contribution in [-0.4, -0.2) is 103 Å². The Balaban J connectivity index is 0.000000143. The molecule has 0 saturated heterocycles. The highest BCUT2D eigenvalue weighted by molar-refractivity contribution is 6.04. The zero-order valence-corrected chi connectivity index (χ0v) is 50.0. The molecule has 4 amide bonds. The summed E-state index contributed by atoms with van der Waals surface area (Å²) in [5.41, 5.74) is 4.35. The third kappa shape index (κ3) is 16.5. The highest BCUT2D eigenvalue weighted by atomic mass is 19.1. The highest BCUT2D eigenvalue weighted by Gasteiger charge is 2.32. The molecule has 0 atom stereocenters. The molecule has 2 aliphatic rings. The minimum Gasteiger partial charge on any atom is -0.310 e. The molecule has 2 fully saturated rings. The van der Waals surface area contributed by atoms with Gasteiger partial charge in [-0.05, 0) is 116 Å². The standard InChI is InChI=1S/C17H16FN5O2.C16H14FN5O2.C14H17N5O2.C13H15N5O2/c1-3-13-9-15(24)21-17(19-13)23-14(7-10(2)22-23)20-16(25)11-5-4-6-12(18)8-11;1-9-7-14(23)20-16(18-9)22-13(6-10(2)21-22)19-15(24)11-4-3-5-12(17)8-11;1-3-10-7-12(20)17-14(15-10)19-11(6-8(2)18-19)16-13(21)9-4-5-9;1-7-6-11(19)16-13(14-7)18-10(5-8(2)17-18)15-12(20)9-3-4-9/h4-9H,3H2,1-2H3,(H,20,25)(H,19,21,24);3-8H,1-2H3,(H,19,24)(H,18,20,23);6-7,9H,3-5H2,1-2H3,(H,16,21)(H,15,17,20);5-6,9H,3-4H2,1-2H3,(H,15,20)(H,14,16,19). The van der Waals surface area contributed by atoms with Gasteiger partial charge in [0.25, 0.3) is 34.1 Å². The van der Waals surface area contributed by atoms with Gasteiger partial charge >= 0.3 is 0 Å². The maximum atomic E-state index is 13.3. The molecule has 8 heterocycles. The molecule has 464 valence electrons. The molecule has 0 aliphatic heterocycles. The number of carbonyl (C=O) groups is 4. The molecule has 0 bridgehead atoms. The first kappa shape index (κ1) is 63.1. The van der Waals surface area contributed by atoms with Gasteiger partial charge in [-0.25, -0.2) is 28.7 Å². The molecule has 0 unspecified atom stereocenters. The predicted octanol–water partition coefficient (Wildman–Crippen LogP) is 6.28. The first-order chi connectivity index (χ1) is 43.0. The molecule has 8 aromatic heterocycles. The molecule has 2 aromatic carbocycles. The molecule has 0 radical (unpaired) electrons. The number of aryl methyl sites for hydroxylation is 8. The number of carbonyl (C=O) groups excluding carboxylic acids is 4. The SMILES string of the molecule is CCc1cc(=O)[nH]c(-n2nc(C)cc2NC(=O)C2CC2)n1.CCc1cc(=O)[nH]c(-n2nc(C)cc2NC(=O)c2cccc(F)c2)n1.Cc1cc(=O)[nH]c(-n2nc(C)cc2NC(=O)C2CC2)n1.Cc1cc(=O)[nH]c(-n2nc(C)cc2NC(=O)c2cccc(F)c2)n1. The van der Waals surface area contributed by atoms with E-state index in [9.17, 15) is 47.1 Å². The molecular formula is C60H62F2N20O8. The van der Waals surface area contributed by atoms with Gasteiger partial charge in [0.1, 0.15) is 34.9 Å². The van der Waals surface area contributed by atoms with Gasteiger partial charge in [0, 0.05) is 94.3 Å². The van der Waals surface area contributed by atoms with E-state index in [1.807, 2.05) is 27.7 Å². The van der Waals surface area contributed by atoms with Crippen LogP contribution in [0.25, 0.3) is 23.8 Å². The summed E-state index contributed by atoms with van der Waals surface area (Å²) in [5, 5.41) is 28.0. The number of hydrogen-bond donors (Lipinski definition) is 8. The Hall–Kier alpha value is -11.5. The number of hydrogen-bond acceptors (Lipinski definition) is 16. The van der Waals surface area contributed by atoms with Crippen LogP contribution >= 0.6 is 0 Å². The molecular weight excluding hydrogens is 1170 g/mol. The van der Waals surface area contributed by atoms with Gasteiger partial charge in [0.2, 0.25) is 35.6 Å². The third-order valence-electron chi connectivity index (χ3n) is 13.2. The Morgan fingerprint density at radius 3 is 1.01 bits per heavy atom. The fraction of sp³-hybridized carbons (Fsp3) is 0.267. The monoisotopic (exact) mass is 1230 g/mol. The summed E-state index contributed by atoms with van der Waals surface area (Å²) in [6, 6.07) is 23.1. The first-order valence-electron chi connectivity index (χ1n) is 28.4. The number of nitrogens with one attached hydrogen (secondary N) is 8. The van der Waals surface area contributed by atoms with Crippen molar-refractivity contribution < 1.29 is 28.0 Å². The van der Waals surface area contributed by atoms with Gasteiger partial charge < -0.3 is 21.3 Å². The summed E-state index contributed by atoms with van der Waals surface area (Å²) >= 11 is 0. The lowest BCUT2D eigenvalue weighted by Gasteiger charge is -2.09. The Labute approximate surface area is 509 Å². The lowest BCUT2D eigenvalue weighted by molar-refractivity contribution is -0.118. The number of aromatic nitrogens is 16. The lowest BCUT2D eigenvalue weighted by atomic mass is 10.2. The number of aromatic amines is 4. The van der Waals surface area contributed by atoms with E-state index in [1.54, 1.807) is 52.0 Å². The number of rotatable bonds is 14. The van der Waals surface area contributed by atoms with Crippen molar-refractivity contribution in [3.05, 3.63) is 207 Å². The van der Waals surface area contributed by atoms with Gasteiger partial charge in [0.05, 0.1) is 22.8 Å².